The monoisotopic (exact) mass is 321 g/mol. The van der Waals surface area contributed by atoms with Gasteiger partial charge in [0.25, 0.3) is 0 Å². The van der Waals surface area contributed by atoms with Crippen molar-refractivity contribution in [1.82, 2.24) is 4.98 Å². The molecular weight excluding hydrogens is 306 g/mol. The van der Waals surface area contributed by atoms with Crippen molar-refractivity contribution < 1.29 is 4.42 Å². The summed E-state index contributed by atoms with van der Waals surface area (Å²) in [7, 11) is 0. The van der Waals surface area contributed by atoms with Gasteiger partial charge < -0.3 is 9.40 Å². The van der Waals surface area contributed by atoms with E-state index in [0.29, 0.717) is 0 Å². The lowest BCUT2D eigenvalue weighted by molar-refractivity contribution is 0.672. The van der Waals surface area contributed by atoms with Crippen LogP contribution in [0.3, 0.4) is 0 Å². The van der Waals surface area contributed by atoms with Crippen LogP contribution >= 0.6 is 0 Å². The first-order chi connectivity index (χ1) is 12.3. The van der Waals surface area contributed by atoms with Gasteiger partial charge >= 0.3 is 0 Å². The second-order valence-electron chi connectivity index (χ2n) is 6.22. The van der Waals surface area contributed by atoms with E-state index < -0.39 is 0 Å². The predicted octanol–water partition coefficient (Wildman–Crippen LogP) is 6.23. The largest absolute Gasteiger partial charge is 0.454 e. The van der Waals surface area contributed by atoms with Gasteiger partial charge in [0, 0.05) is 16.2 Å². The number of aromatic nitrogens is 1. The number of H-pyrrole nitrogens is 1. The van der Waals surface area contributed by atoms with Crippen molar-refractivity contribution in [3.8, 4) is 12.3 Å². The molecule has 3 aromatic carbocycles. The van der Waals surface area contributed by atoms with E-state index in [2.05, 4.69) is 53.4 Å². The van der Waals surface area contributed by atoms with Crippen LogP contribution in [0.4, 0.5) is 0 Å². The van der Waals surface area contributed by atoms with E-state index in [-0.39, 0.29) is 0 Å². The lowest BCUT2D eigenvalue weighted by Gasteiger charge is -1.96. The molecule has 0 saturated heterocycles. The van der Waals surface area contributed by atoms with Crippen LogP contribution in [-0.4, -0.2) is 4.98 Å². The molecule has 0 aliphatic rings. The molecule has 2 nitrogen and oxygen atoms in total. The molecule has 0 atom stereocenters. The number of rotatable bonds is 1. The predicted molar refractivity (Wildman–Crippen MR) is 106 cm³/mol. The van der Waals surface area contributed by atoms with Crippen molar-refractivity contribution >= 4 is 49.7 Å². The third-order valence-electron chi connectivity index (χ3n) is 4.78. The normalized spacial score (nSPS) is 12.0. The maximum Gasteiger partial charge on any atom is 0.159 e. The molecule has 25 heavy (non-hydrogen) atoms. The Morgan fingerprint density at radius 1 is 1.00 bits per heavy atom. The van der Waals surface area contributed by atoms with Crippen molar-refractivity contribution in [3.63, 3.8) is 0 Å². The summed E-state index contributed by atoms with van der Waals surface area (Å²) in [4.78, 5) is 3.44. The van der Waals surface area contributed by atoms with Crippen LogP contribution in [0, 0.1) is 12.3 Å². The molecule has 0 saturated carbocycles. The van der Waals surface area contributed by atoms with Gasteiger partial charge in [0.2, 0.25) is 0 Å². The van der Waals surface area contributed by atoms with Gasteiger partial charge in [0.05, 0.1) is 16.8 Å². The summed E-state index contributed by atoms with van der Waals surface area (Å²) in [5, 5.41) is 5.63. The van der Waals surface area contributed by atoms with E-state index in [4.69, 9.17) is 10.8 Å². The van der Waals surface area contributed by atoms with Crippen molar-refractivity contribution in [2.45, 2.75) is 6.92 Å². The van der Waals surface area contributed by atoms with Crippen molar-refractivity contribution in [2.75, 3.05) is 0 Å². The number of hydrogen-bond donors (Lipinski definition) is 1. The van der Waals surface area contributed by atoms with Gasteiger partial charge in [0.15, 0.2) is 5.58 Å². The smallest absolute Gasteiger partial charge is 0.159 e. The standard InChI is InChI=1S/C23H15NO/c1-3-7-20-16(4-2)17-10-11-18-19-12-14-8-5-6-9-15(14)13-21(19)25-23(18)22(17)24-20/h2-3,5-13,24H,1H3/b7-3-. The Hall–Kier alpha value is -3.44. The minimum atomic E-state index is 0.857. The fourth-order valence-corrected chi connectivity index (χ4v) is 3.65. The fourth-order valence-electron chi connectivity index (χ4n) is 3.65. The highest BCUT2D eigenvalue weighted by Crippen LogP contribution is 2.37. The number of allylic oxidation sites excluding steroid dienone is 1. The van der Waals surface area contributed by atoms with E-state index in [9.17, 15) is 0 Å². The van der Waals surface area contributed by atoms with E-state index >= 15 is 0 Å². The highest BCUT2D eigenvalue weighted by Gasteiger charge is 2.15. The van der Waals surface area contributed by atoms with Crippen LogP contribution in [0.2, 0.25) is 0 Å². The quantitative estimate of drug-likeness (QED) is 0.364. The molecule has 0 radical (unpaired) electrons. The highest BCUT2D eigenvalue weighted by atomic mass is 16.3. The molecule has 0 fully saturated rings. The van der Waals surface area contributed by atoms with Gasteiger partial charge in [-0.25, -0.2) is 0 Å². The Morgan fingerprint density at radius 2 is 1.76 bits per heavy atom. The first kappa shape index (κ1) is 13.9. The third-order valence-corrected chi connectivity index (χ3v) is 4.78. The molecule has 5 aromatic rings. The van der Waals surface area contributed by atoms with Gasteiger partial charge in [-0.2, -0.15) is 0 Å². The number of terminal acetylenes is 1. The maximum absolute atomic E-state index is 6.24. The zero-order valence-corrected chi connectivity index (χ0v) is 13.8. The number of benzene rings is 3. The SMILES string of the molecule is C#Cc1c(/C=C\C)[nH]c2c1ccc1c3cc4ccccc4cc3oc12. The molecule has 0 aliphatic carbocycles. The number of hydrogen-bond acceptors (Lipinski definition) is 1. The topological polar surface area (TPSA) is 28.9 Å². The molecule has 0 amide bonds. The number of furan rings is 1. The van der Waals surface area contributed by atoms with Gasteiger partial charge in [-0.15, -0.1) is 6.42 Å². The molecule has 2 aromatic heterocycles. The first-order valence-electron chi connectivity index (χ1n) is 8.29. The Bertz CT molecular complexity index is 1360. The van der Waals surface area contributed by atoms with Crippen LogP contribution in [0.1, 0.15) is 18.2 Å². The molecule has 2 heteroatoms. The van der Waals surface area contributed by atoms with Crippen LogP contribution in [0.25, 0.3) is 49.7 Å². The van der Waals surface area contributed by atoms with Gasteiger partial charge in [0.1, 0.15) is 5.58 Å². The zero-order chi connectivity index (χ0) is 17.0. The Morgan fingerprint density at radius 3 is 2.52 bits per heavy atom. The Kier molecular flexibility index (Phi) is 2.80. The summed E-state index contributed by atoms with van der Waals surface area (Å²) < 4.78 is 6.24. The van der Waals surface area contributed by atoms with Crippen LogP contribution < -0.4 is 0 Å². The van der Waals surface area contributed by atoms with Crippen molar-refractivity contribution in [1.29, 1.82) is 0 Å². The Labute approximate surface area is 144 Å². The van der Waals surface area contributed by atoms with Gasteiger partial charge in [-0.3, -0.25) is 0 Å². The summed E-state index contributed by atoms with van der Waals surface area (Å²) in [5.41, 5.74) is 4.53. The molecular formula is C23H15NO. The minimum absolute atomic E-state index is 0.857. The molecule has 1 N–H and O–H groups in total. The molecule has 0 unspecified atom stereocenters. The first-order valence-corrected chi connectivity index (χ1v) is 8.29. The highest BCUT2D eigenvalue weighted by molar-refractivity contribution is 6.17. The Balaban J connectivity index is 1.96. The van der Waals surface area contributed by atoms with E-state index in [1.54, 1.807) is 0 Å². The van der Waals surface area contributed by atoms with Gasteiger partial charge in [-0.1, -0.05) is 42.3 Å². The minimum Gasteiger partial charge on any atom is -0.454 e. The van der Waals surface area contributed by atoms with Crippen LogP contribution in [0.15, 0.2) is 59.0 Å². The molecule has 0 aliphatic heterocycles. The molecule has 0 spiro atoms. The van der Waals surface area contributed by atoms with Gasteiger partial charge in [-0.05, 0) is 42.0 Å². The average molecular weight is 321 g/mol. The van der Waals surface area contributed by atoms with Crippen molar-refractivity contribution in [3.05, 3.63) is 65.9 Å². The molecule has 118 valence electrons. The fraction of sp³-hybridized carbons (Fsp3) is 0.0435. The van der Waals surface area contributed by atoms with E-state index in [0.717, 1.165) is 44.1 Å². The summed E-state index contributed by atoms with van der Waals surface area (Å²) >= 11 is 0. The summed E-state index contributed by atoms with van der Waals surface area (Å²) in [6, 6.07) is 16.8. The van der Waals surface area contributed by atoms with E-state index in [1.807, 2.05) is 25.1 Å². The maximum atomic E-state index is 6.24. The van der Waals surface area contributed by atoms with Crippen LogP contribution in [0.5, 0.6) is 0 Å². The second kappa shape index (κ2) is 5.03. The van der Waals surface area contributed by atoms with E-state index in [1.165, 1.54) is 10.8 Å². The molecule has 0 bridgehead atoms. The summed E-state index contributed by atoms with van der Waals surface area (Å²) in [6.45, 7) is 1.98. The molecule has 2 heterocycles. The summed E-state index contributed by atoms with van der Waals surface area (Å²) in [5.74, 6) is 2.80. The van der Waals surface area contributed by atoms with Crippen molar-refractivity contribution in [2.24, 2.45) is 0 Å². The average Bonchev–Trinajstić information content (AvgIpc) is 3.17. The third kappa shape index (κ3) is 1.87. The number of aromatic amines is 1. The zero-order valence-electron chi connectivity index (χ0n) is 13.8. The number of fused-ring (bicyclic) bond motifs is 6. The second-order valence-corrected chi connectivity index (χ2v) is 6.22. The lowest BCUT2D eigenvalue weighted by Crippen LogP contribution is -1.75. The molecule has 5 rings (SSSR count). The number of nitrogens with one attached hydrogen (secondary N) is 1. The summed E-state index contributed by atoms with van der Waals surface area (Å²) in [6.07, 6.45) is 9.72. The lowest BCUT2D eigenvalue weighted by atomic mass is 10.0. The van der Waals surface area contributed by atoms with Crippen LogP contribution in [-0.2, 0) is 0 Å².